The lowest BCUT2D eigenvalue weighted by Crippen LogP contribution is -2.30. The first-order valence-electron chi connectivity index (χ1n) is 9.84. The summed E-state index contributed by atoms with van der Waals surface area (Å²) in [4.78, 5) is 14.6. The summed E-state index contributed by atoms with van der Waals surface area (Å²) in [5, 5.41) is 0.765. The van der Waals surface area contributed by atoms with E-state index in [2.05, 4.69) is 10.8 Å². The van der Waals surface area contributed by atoms with E-state index in [1.807, 2.05) is 25.1 Å². The van der Waals surface area contributed by atoms with Crippen molar-refractivity contribution in [1.29, 1.82) is 0 Å². The third-order valence-electron chi connectivity index (χ3n) is 5.06. The Kier molecular flexibility index (Phi) is 5.19. The van der Waals surface area contributed by atoms with E-state index in [9.17, 15) is 13.2 Å². The molecule has 2 aromatic carbocycles. The number of para-hydroxylation sites is 1. The second-order valence-corrected chi connectivity index (χ2v) is 9.20. The predicted molar refractivity (Wildman–Crippen MR) is 115 cm³/mol. The SMILES string of the molecule is CCOc1ccccc1S(=O)(=O)NC(=O)c1cc2c(N(C)C)cc(C3CC3)cc2o1. The number of anilines is 1. The number of sulfonamides is 1. The minimum Gasteiger partial charge on any atom is -0.492 e. The van der Waals surface area contributed by atoms with Gasteiger partial charge < -0.3 is 14.1 Å². The molecule has 1 aromatic heterocycles. The summed E-state index contributed by atoms with van der Waals surface area (Å²) < 4.78 is 38.8. The highest BCUT2D eigenvalue weighted by atomic mass is 32.2. The molecule has 1 aliphatic carbocycles. The molecule has 1 fully saturated rings. The van der Waals surface area contributed by atoms with E-state index < -0.39 is 15.9 Å². The molecule has 0 aliphatic heterocycles. The van der Waals surface area contributed by atoms with E-state index in [1.54, 1.807) is 31.2 Å². The van der Waals surface area contributed by atoms with Gasteiger partial charge in [0, 0.05) is 25.2 Å². The number of amides is 1. The molecule has 1 saturated carbocycles. The van der Waals surface area contributed by atoms with Crippen LogP contribution in [0.25, 0.3) is 11.0 Å². The molecule has 0 atom stereocenters. The molecule has 1 amide bonds. The van der Waals surface area contributed by atoms with Gasteiger partial charge in [0.1, 0.15) is 16.2 Å². The molecule has 8 heteroatoms. The Labute approximate surface area is 175 Å². The normalized spacial score (nSPS) is 14.0. The van der Waals surface area contributed by atoms with Gasteiger partial charge in [0.05, 0.1) is 6.61 Å². The van der Waals surface area contributed by atoms with Gasteiger partial charge in [-0.2, -0.15) is 0 Å². The Morgan fingerprint density at radius 3 is 2.60 bits per heavy atom. The van der Waals surface area contributed by atoms with Crippen molar-refractivity contribution in [3.05, 3.63) is 53.8 Å². The van der Waals surface area contributed by atoms with E-state index in [0.717, 1.165) is 23.9 Å². The van der Waals surface area contributed by atoms with Crippen LogP contribution in [-0.4, -0.2) is 35.0 Å². The Morgan fingerprint density at radius 1 is 1.20 bits per heavy atom. The second-order valence-electron chi connectivity index (χ2n) is 7.55. The molecular formula is C22H24N2O5S. The number of furan rings is 1. The first-order chi connectivity index (χ1) is 14.3. The Morgan fingerprint density at radius 2 is 1.93 bits per heavy atom. The maximum atomic E-state index is 12.8. The van der Waals surface area contributed by atoms with Crippen LogP contribution in [0.4, 0.5) is 5.69 Å². The first-order valence-corrected chi connectivity index (χ1v) is 11.3. The van der Waals surface area contributed by atoms with Gasteiger partial charge in [-0.3, -0.25) is 4.79 Å². The number of rotatable bonds is 7. The van der Waals surface area contributed by atoms with Crippen molar-refractivity contribution in [1.82, 2.24) is 4.72 Å². The van der Waals surface area contributed by atoms with E-state index in [4.69, 9.17) is 9.15 Å². The molecule has 0 radical (unpaired) electrons. The average molecular weight is 429 g/mol. The molecule has 0 spiro atoms. The molecule has 1 N–H and O–H groups in total. The summed E-state index contributed by atoms with van der Waals surface area (Å²) in [5.41, 5.74) is 2.67. The highest BCUT2D eigenvalue weighted by Crippen LogP contribution is 2.43. The number of carbonyl (C=O) groups is 1. The second kappa shape index (κ2) is 7.68. The van der Waals surface area contributed by atoms with Crippen molar-refractivity contribution in [3.63, 3.8) is 0 Å². The van der Waals surface area contributed by atoms with Crippen LogP contribution in [-0.2, 0) is 10.0 Å². The molecule has 0 unspecified atom stereocenters. The fraction of sp³-hybridized carbons (Fsp3) is 0.318. The van der Waals surface area contributed by atoms with Gasteiger partial charge in [-0.15, -0.1) is 0 Å². The van der Waals surface area contributed by atoms with Crippen LogP contribution in [0.5, 0.6) is 5.75 Å². The molecule has 158 valence electrons. The van der Waals surface area contributed by atoms with Crippen molar-refractivity contribution in [2.45, 2.75) is 30.6 Å². The Hall–Kier alpha value is -3.00. The van der Waals surface area contributed by atoms with Crippen LogP contribution in [0, 0.1) is 0 Å². The largest absolute Gasteiger partial charge is 0.492 e. The number of nitrogens with one attached hydrogen (secondary N) is 1. The van der Waals surface area contributed by atoms with Crippen molar-refractivity contribution in [2.24, 2.45) is 0 Å². The zero-order chi connectivity index (χ0) is 21.5. The van der Waals surface area contributed by atoms with Crippen LogP contribution >= 0.6 is 0 Å². The van der Waals surface area contributed by atoms with Crippen LogP contribution < -0.4 is 14.4 Å². The van der Waals surface area contributed by atoms with E-state index in [-0.39, 0.29) is 16.4 Å². The quantitative estimate of drug-likeness (QED) is 0.614. The third-order valence-corrected chi connectivity index (χ3v) is 6.43. The monoisotopic (exact) mass is 428 g/mol. The smallest absolute Gasteiger partial charge is 0.300 e. The third kappa shape index (κ3) is 3.87. The van der Waals surface area contributed by atoms with E-state index in [1.165, 1.54) is 11.6 Å². The van der Waals surface area contributed by atoms with Gasteiger partial charge in [-0.05, 0) is 61.6 Å². The maximum Gasteiger partial charge on any atom is 0.300 e. The summed E-state index contributed by atoms with van der Waals surface area (Å²) in [6.45, 7) is 2.06. The van der Waals surface area contributed by atoms with Gasteiger partial charge in [0.25, 0.3) is 10.0 Å². The number of carbonyl (C=O) groups excluding carboxylic acids is 1. The number of hydrogen-bond donors (Lipinski definition) is 1. The van der Waals surface area contributed by atoms with Gasteiger partial charge in [0.2, 0.25) is 0 Å². The summed E-state index contributed by atoms with van der Waals surface area (Å²) in [6, 6.07) is 11.8. The number of ether oxygens (including phenoxy) is 1. The Bertz CT molecular complexity index is 1210. The molecule has 3 aromatic rings. The summed E-state index contributed by atoms with van der Waals surface area (Å²) in [7, 11) is -0.283. The Balaban J connectivity index is 1.67. The van der Waals surface area contributed by atoms with Gasteiger partial charge >= 0.3 is 5.91 Å². The predicted octanol–water partition coefficient (Wildman–Crippen LogP) is 3.89. The van der Waals surface area contributed by atoms with Gasteiger partial charge in [-0.1, -0.05) is 12.1 Å². The average Bonchev–Trinajstić information content (AvgIpc) is 3.45. The molecule has 0 bridgehead atoms. The molecule has 1 heterocycles. The topological polar surface area (TPSA) is 88.8 Å². The zero-order valence-electron chi connectivity index (χ0n) is 17.1. The van der Waals surface area contributed by atoms with Crippen molar-refractivity contribution in [2.75, 3.05) is 25.6 Å². The highest BCUT2D eigenvalue weighted by Gasteiger charge is 2.28. The minimum absolute atomic E-state index is 0.0569. The van der Waals surface area contributed by atoms with Crippen LogP contribution in [0.3, 0.4) is 0 Å². The fourth-order valence-electron chi connectivity index (χ4n) is 3.45. The summed E-state index contributed by atoms with van der Waals surface area (Å²) in [5.74, 6) is -0.173. The highest BCUT2D eigenvalue weighted by molar-refractivity contribution is 7.90. The van der Waals surface area contributed by atoms with Crippen LogP contribution in [0.1, 0.15) is 41.8 Å². The number of fused-ring (bicyclic) bond motifs is 1. The molecule has 0 saturated heterocycles. The molecule has 30 heavy (non-hydrogen) atoms. The maximum absolute atomic E-state index is 12.8. The first kappa shape index (κ1) is 20.3. The van der Waals surface area contributed by atoms with E-state index >= 15 is 0 Å². The minimum atomic E-state index is -4.13. The molecule has 4 rings (SSSR count). The number of hydrogen-bond acceptors (Lipinski definition) is 6. The van der Waals surface area contributed by atoms with Gasteiger partial charge in [0.15, 0.2) is 5.76 Å². The lowest BCUT2D eigenvalue weighted by molar-refractivity contribution is 0.0956. The summed E-state index contributed by atoms with van der Waals surface area (Å²) in [6.07, 6.45) is 2.29. The molecule has 1 aliphatic rings. The number of nitrogens with zero attached hydrogens (tertiary/aromatic N) is 1. The fourth-order valence-corrected chi connectivity index (χ4v) is 4.55. The summed E-state index contributed by atoms with van der Waals surface area (Å²) >= 11 is 0. The lowest BCUT2D eigenvalue weighted by Gasteiger charge is -2.14. The lowest BCUT2D eigenvalue weighted by atomic mass is 10.1. The van der Waals surface area contributed by atoms with Gasteiger partial charge in [-0.25, -0.2) is 13.1 Å². The van der Waals surface area contributed by atoms with Crippen molar-refractivity contribution >= 4 is 32.6 Å². The number of benzene rings is 2. The standard InChI is InChI=1S/C22H24N2O5S/c1-4-28-18-7-5-6-8-21(18)30(26,27)23-22(25)20-13-16-17(24(2)3)11-15(14-9-10-14)12-19(16)29-20/h5-8,11-14H,4,9-10H2,1-3H3,(H,23,25). The zero-order valence-corrected chi connectivity index (χ0v) is 18.0. The van der Waals surface area contributed by atoms with Crippen LogP contribution in [0.15, 0.2) is 51.8 Å². The van der Waals surface area contributed by atoms with Crippen molar-refractivity contribution < 1.29 is 22.4 Å². The van der Waals surface area contributed by atoms with Crippen LogP contribution in [0.2, 0.25) is 0 Å². The molecule has 7 nitrogen and oxygen atoms in total. The molecular weight excluding hydrogens is 404 g/mol. The van der Waals surface area contributed by atoms with Crippen molar-refractivity contribution in [3.8, 4) is 5.75 Å². The van der Waals surface area contributed by atoms with E-state index in [0.29, 0.717) is 18.1 Å².